The van der Waals surface area contributed by atoms with Crippen LogP contribution in [0, 0.1) is 0 Å². The van der Waals surface area contributed by atoms with Gasteiger partial charge >= 0.3 is 0 Å². The Morgan fingerprint density at radius 3 is 3.08 bits per heavy atom. The molecule has 0 aliphatic carbocycles. The SMILES string of the molecule is C[C@@H]1C(=O)Nc2ccc(C(=O)CSc3nnc4n3CCCCC4)cc21. The van der Waals surface area contributed by atoms with E-state index in [-0.39, 0.29) is 17.6 Å². The normalized spacial score (nSPS) is 19.1. The molecule has 3 heterocycles. The van der Waals surface area contributed by atoms with Gasteiger partial charge in [-0.25, -0.2) is 0 Å². The Hall–Kier alpha value is -2.15. The average Bonchev–Trinajstić information content (AvgIpc) is 3.02. The predicted molar refractivity (Wildman–Crippen MR) is 96.1 cm³/mol. The molecule has 0 saturated heterocycles. The van der Waals surface area contributed by atoms with E-state index in [9.17, 15) is 9.59 Å². The molecule has 1 aromatic heterocycles. The maximum atomic E-state index is 12.6. The van der Waals surface area contributed by atoms with Gasteiger partial charge in [0.15, 0.2) is 10.9 Å². The minimum absolute atomic E-state index is 0.0138. The van der Waals surface area contributed by atoms with Gasteiger partial charge in [0, 0.05) is 24.2 Å². The van der Waals surface area contributed by atoms with Crippen LogP contribution in [0.5, 0.6) is 0 Å². The van der Waals surface area contributed by atoms with E-state index in [0.717, 1.165) is 48.0 Å². The van der Waals surface area contributed by atoms with E-state index < -0.39 is 0 Å². The number of carbonyl (C=O) groups excluding carboxylic acids is 2. The van der Waals surface area contributed by atoms with Crippen LogP contribution in [-0.4, -0.2) is 32.2 Å². The molecule has 1 aromatic carbocycles. The molecule has 2 aromatic rings. The third kappa shape index (κ3) is 3.08. The minimum Gasteiger partial charge on any atom is -0.325 e. The number of carbonyl (C=O) groups is 2. The molecule has 1 N–H and O–H groups in total. The molecular weight excluding hydrogens is 336 g/mol. The summed E-state index contributed by atoms with van der Waals surface area (Å²) >= 11 is 1.45. The standard InChI is InChI=1S/C18H20N4O2S/c1-11-13-9-12(6-7-14(13)19-17(11)24)15(23)10-25-18-21-20-16-5-3-2-4-8-22(16)18/h6-7,9,11H,2-5,8,10H2,1H3,(H,19,24)/t11-/m0/s1. The van der Waals surface area contributed by atoms with E-state index in [1.165, 1.54) is 18.2 Å². The van der Waals surface area contributed by atoms with Gasteiger partial charge in [-0.2, -0.15) is 0 Å². The zero-order valence-electron chi connectivity index (χ0n) is 14.1. The number of ketones is 1. The number of rotatable bonds is 4. The second-order valence-corrected chi connectivity index (χ2v) is 7.53. The third-order valence-electron chi connectivity index (χ3n) is 4.90. The molecule has 0 fully saturated rings. The molecule has 0 saturated carbocycles. The van der Waals surface area contributed by atoms with Gasteiger partial charge in [-0.3, -0.25) is 9.59 Å². The van der Waals surface area contributed by atoms with E-state index in [1.54, 1.807) is 6.07 Å². The number of nitrogens with zero attached hydrogens (tertiary/aromatic N) is 3. The first kappa shape index (κ1) is 16.3. The summed E-state index contributed by atoms with van der Waals surface area (Å²) in [5.41, 5.74) is 2.35. The lowest BCUT2D eigenvalue weighted by Crippen LogP contribution is -2.08. The molecule has 0 unspecified atom stereocenters. The summed E-state index contributed by atoms with van der Waals surface area (Å²) in [6.45, 7) is 2.79. The Morgan fingerprint density at radius 2 is 2.20 bits per heavy atom. The van der Waals surface area contributed by atoms with Crippen LogP contribution in [0.3, 0.4) is 0 Å². The van der Waals surface area contributed by atoms with Gasteiger partial charge in [0.2, 0.25) is 5.91 Å². The quantitative estimate of drug-likeness (QED) is 0.673. The summed E-state index contributed by atoms with van der Waals surface area (Å²) in [6, 6.07) is 5.44. The van der Waals surface area contributed by atoms with E-state index >= 15 is 0 Å². The van der Waals surface area contributed by atoms with Crippen molar-refractivity contribution in [1.82, 2.24) is 14.8 Å². The average molecular weight is 356 g/mol. The summed E-state index contributed by atoms with van der Waals surface area (Å²) in [7, 11) is 0. The van der Waals surface area contributed by atoms with Crippen molar-refractivity contribution in [3.05, 3.63) is 35.2 Å². The van der Waals surface area contributed by atoms with Crippen LogP contribution < -0.4 is 5.32 Å². The lowest BCUT2D eigenvalue weighted by atomic mass is 9.99. The van der Waals surface area contributed by atoms with Gasteiger partial charge in [-0.1, -0.05) is 18.2 Å². The van der Waals surface area contributed by atoms with Gasteiger partial charge in [-0.15, -0.1) is 10.2 Å². The number of nitrogens with one attached hydrogen (secondary N) is 1. The molecule has 130 valence electrons. The fourth-order valence-corrected chi connectivity index (χ4v) is 4.25. The van der Waals surface area contributed by atoms with Gasteiger partial charge in [0.1, 0.15) is 5.82 Å². The van der Waals surface area contributed by atoms with Crippen LogP contribution in [0.15, 0.2) is 23.4 Å². The smallest absolute Gasteiger partial charge is 0.231 e. The summed E-state index contributed by atoms with van der Waals surface area (Å²) in [5.74, 6) is 1.18. The third-order valence-corrected chi connectivity index (χ3v) is 5.87. The van der Waals surface area contributed by atoms with Crippen LogP contribution in [0.25, 0.3) is 0 Å². The Morgan fingerprint density at radius 1 is 1.32 bits per heavy atom. The summed E-state index contributed by atoms with van der Waals surface area (Å²) in [5, 5.41) is 12.2. The van der Waals surface area contributed by atoms with Crippen molar-refractivity contribution < 1.29 is 9.59 Å². The molecule has 0 spiro atoms. The van der Waals surface area contributed by atoms with E-state index in [1.807, 2.05) is 19.1 Å². The first-order valence-electron chi connectivity index (χ1n) is 8.66. The fraction of sp³-hybridized carbons (Fsp3) is 0.444. The highest BCUT2D eigenvalue weighted by Crippen LogP contribution is 2.33. The molecule has 0 bridgehead atoms. The maximum Gasteiger partial charge on any atom is 0.231 e. The molecule has 1 atom stereocenters. The lowest BCUT2D eigenvalue weighted by Gasteiger charge is -2.07. The number of aryl methyl sites for hydroxylation is 1. The van der Waals surface area contributed by atoms with Crippen molar-refractivity contribution in [2.24, 2.45) is 0 Å². The lowest BCUT2D eigenvalue weighted by molar-refractivity contribution is -0.116. The predicted octanol–water partition coefficient (Wildman–Crippen LogP) is 3.04. The van der Waals surface area contributed by atoms with Crippen molar-refractivity contribution in [2.45, 2.75) is 50.2 Å². The molecule has 25 heavy (non-hydrogen) atoms. The zero-order chi connectivity index (χ0) is 17.4. The minimum atomic E-state index is -0.206. The molecule has 6 nitrogen and oxygen atoms in total. The Kier molecular flexibility index (Phi) is 4.33. The molecule has 7 heteroatoms. The molecule has 4 rings (SSSR count). The molecule has 2 aliphatic heterocycles. The number of hydrogen-bond acceptors (Lipinski definition) is 5. The largest absolute Gasteiger partial charge is 0.325 e. The maximum absolute atomic E-state index is 12.6. The summed E-state index contributed by atoms with van der Waals surface area (Å²) in [6.07, 6.45) is 4.47. The highest BCUT2D eigenvalue weighted by molar-refractivity contribution is 7.99. The number of anilines is 1. The number of fused-ring (bicyclic) bond motifs is 2. The van der Waals surface area contributed by atoms with E-state index in [0.29, 0.717) is 11.3 Å². The molecular formula is C18H20N4O2S. The fourth-order valence-electron chi connectivity index (χ4n) is 3.37. The molecule has 0 radical (unpaired) electrons. The van der Waals surface area contributed by atoms with Gasteiger partial charge in [0.05, 0.1) is 11.7 Å². The molecule has 2 aliphatic rings. The van der Waals surface area contributed by atoms with Crippen molar-refractivity contribution >= 4 is 29.1 Å². The number of benzene rings is 1. The number of Topliss-reactive ketones (excluding diaryl/α,β-unsaturated/α-hetero) is 1. The van der Waals surface area contributed by atoms with Gasteiger partial charge < -0.3 is 9.88 Å². The summed E-state index contributed by atoms with van der Waals surface area (Å²) in [4.78, 5) is 24.3. The monoisotopic (exact) mass is 356 g/mol. The van der Waals surface area contributed by atoms with Crippen LogP contribution in [0.2, 0.25) is 0 Å². The second-order valence-electron chi connectivity index (χ2n) is 6.59. The number of thioether (sulfide) groups is 1. The molecule has 1 amide bonds. The van der Waals surface area contributed by atoms with Crippen molar-refractivity contribution in [2.75, 3.05) is 11.1 Å². The highest BCUT2D eigenvalue weighted by atomic mass is 32.2. The van der Waals surface area contributed by atoms with Crippen molar-refractivity contribution in [1.29, 1.82) is 0 Å². The Labute approximate surface area is 150 Å². The van der Waals surface area contributed by atoms with Crippen LogP contribution in [0.1, 0.15) is 53.8 Å². The zero-order valence-corrected chi connectivity index (χ0v) is 14.9. The first-order valence-corrected chi connectivity index (χ1v) is 9.65. The van der Waals surface area contributed by atoms with Crippen molar-refractivity contribution in [3.8, 4) is 0 Å². The topological polar surface area (TPSA) is 76.9 Å². The van der Waals surface area contributed by atoms with Crippen LogP contribution >= 0.6 is 11.8 Å². The number of amides is 1. The number of aromatic nitrogens is 3. The Balaban J connectivity index is 1.47. The van der Waals surface area contributed by atoms with E-state index in [4.69, 9.17) is 0 Å². The van der Waals surface area contributed by atoms with Gasteiger partial charge in [-0.05, 0) is 43.5 Å². The van der Waals surface area contributed by atoms with Crippen molar-refractivity contribution in [3.63, 3.8) is 0 Å². The number of hydrogen-bond donors (Lipinski definition) is 1. The highest BCUT2D eigenvalue weighted by Gasteiger charge is 2.27. The van der Waals surface area contributed by atoms with Crippen LogP contribution in [-0.2, 0) is 17.8 Å². The summed E-state index contributed by atoms with van der Waals surface area (Å²) < 4.78 is 2.15. The van der Waals surface area contributed by atoms with Gasteiger partial charge in [0.25, 0.3) is 0 Å². The Bertz CT molecular complexity index is 846. The second kappa shape index (κ2) is 6.63. The van der Waals surface area contributed by atoms with Crippen LogP contribution in [0.4, 0.5) is 5.69 Å². The first-order chi connectivity index (χ1) is 12.1. The van der Waals surface area contributed by atoms with E-state index in [2.05, 4.69) is 20.1 Å².